The first-order valence-corrected chi connectivity index (χ1v) is 4.93. The highest BCUT2D eigenvalue weighted by molar-refractivity contribution is 6.39. The van der Waals surface area contributed by atoms with Gasteiger partial charge in [0.15, 0.2) is 5.96 Å². The zero-order chi connectivity index (χ0) is 10.8. The van der Waals surface area contributed by atoms with Gasteiger partial charge in [-0.15, -0.1) is 0 Å². The monoisotopic (exact) mass is 231 g/mol. The highest BCUT2D eigenvalue weighted by Gasteiger charge is 2.09. The van der Waals surface area contributed by atoms with E-state index in [4.69, 9.17) is 24.6 Å². The van der Waals surface area contributed by atoms with E-state index in [0.717, 1.165) is 13.1 Å². The van der Waals surface area contributed by atoms with Crippen molar-refractivity contribution in [1.29, 1.82) is 0 Å². The van der Waals surface area contributed by atoms with Crippen molar-refractivity contribution in [1.82, 2.24) is 5.32 Å². The summed E-state index contributed by atoms with van der Waals surface area (Å²) in [6.45, 7) is 1.56. The van der Waals surface area contributed by atoms with Crippen molar-refractivity contribution >= 4 is 34.8 Å². The Balaban J connectivity index is 2.27. The van der Waals surface area contributed by atoms with E-state index in [9.17, 15) is 0 Å². The van der Waals surface area contributed by atoms with Gasteiger partial charge in [0.25, 0.3) is 0 Å². The molecule has 14 heavy (non-hydrogen) atoms. The van der Waals surface area contributed by atoms with E-state index in [2.05, 4.69) is 15.6 Å². The average molecular weight is 232 g/mol. The van der Waals surface area contributed by atoms with Crippen LogP contribution in [-0.2, 0) is 0 Å². The predicted molar refractivity (Wildman–Crippen MR) is 60.4 cm³/mol. The molecule has 1 aliphatic rings. The van der Waals surface area contributed by atoms with Gasteiger partial charge in [0.2, 0.25) is 0 Å². The number of hydrogen-bond acceptors (Lipinski definition) is 3. The number of guanidine groups is 1. The fraction of sp³-hybridized carbons (Fsp3) is 0.222. The SMILES string of the molecule is [3H]c1cc(Cl)c(NC2=NCCN2)c(Cl)c1. The highest BCUT2D eigenvalue weighted by Crippen LogP contribution is 2.29. The molecule has 0 saturated carbocycles. The minimum atomic E-state index is 0.289. The molecule has 0 bridgehead atoms. The van der Waals surface area contributed by atoms with Gasteiger partial charge in [-0.1, -0.05) is 29.2 Å². The average Bonchev–Trinajstić information content (AvgIpc) is 2.63. The normalized spacial score (nSPS) is 15.9. The summed E-state index contributed by atoms with van der Waals surface area (Å²) < 4.78 is 7.42. The summed E-state index contributed by atoms with van der Waals surface area (Å²) in [6.07, 6.45) is 0. The number of para-hydroxylation sites is 1. The molecule has 5 heteroatoms. The Kier molecular flexibility index (Phi) is 2.44. The number of nitrogens with one attached hydrogen (secondary N) is 2. The number of anilines is 1. The van der Waals surface area contributed by atoms with Crippen LogP contribution >= 0.6 is 23.2 Å². The lowest BCUT2D eigenvalue weighted by molar-refractivity contribution is 0.959. The predicted octanol–water partition coefficient (Wildman–Crippen LogP) is 2.36. The molecule has 2 rings (SSSR count). The van der Waals surface area contributed by atoms with E-state index < -0.39 is 0 Å². The molecule has 0 amide bonds. The van der Waals surface area contributed by atoms with Crippen molar-refractivity contribution < 1.29 is 1.37 Å². The van der Waals surface area contributed by atoms with Crippen LogP contribution in [-0.4, -0.2) is 19.0 Å². The Bertz CT molecular complexity index is 397. The summed E-state index contributed by atoms with van der Waals surface area (Å²) in [5.74, 6) is 0.663. The van der Waals surface area contributed by atoms with Gasteiger partial charge in [-0.3, -0.25) is 4.99 Å². The van der Waals surface area contributed by atoms with Crippen molar-refractivity contribution in [2.24, 2.45) is 4.99 Å². The third-order valence-corrected chi connectivity index (χ3v) is 2.41. The van der Waals surface area contributed by atoms with Gasteiger partial charge in [-0.2, -0.15) is 0 Å². The zero-order valence-electron chi connectivity index (χ0n) is 8.27. The maximum Gasteiger partial charge on any atom is 0.196 e. The highest BCUT2D eigenvalue weighted by atomic mass is 35.5. The van der Waals surface area contributed by atoms with Crippen LogP contribution in [0.5, 0.6) is 0 Å². The van der Waals surface area contributed by atoms with Gasteiger partial charge in [-0.05, 0) is 12.1 Å². The summed E-state index contributed by atoms with van der Waals surface area (Å²) in [5, 5.41) is 6.89. The molecule has 74 valence electrons. The van der Waals surface area contributed by atoms with Gasteiger partial charge >= 0.3 is 0 Å². The van der Waals surface area contributed by atoms with Gasteiger partial charge in [0.1, 0.15) is 0 Å². The van der Waals surface area contributed by atoms with E-state index in [0.29, 0.717) is 21.7 Å². The Morgan fingerprint density at radius 1 is 1.43 bits per heavy atom. The first kappa shape index (κ1) is 8.38. The molecule has 0 unspecified atom stereocenters. The van der Waals surface area contributed by atoms with Crippen LogP contribution < -0.4 is 10.6 Å². The van der Waals surface area contributed by atoms with E-state index in [1.54, 1.807) is 0 Å². The largest absolute Gasteiger partial charge is 0.354 e. The Morgan fingerprint density at radius 2 is 2.14 bits per heavy atom. The van der Waals surface area contributed by atoms with E-state index in [1.165, 1.54) is 12.1 Å². The van der Waals surface area contributed by atoms with Crippen LogP contribution in [0.3, 0.4) is 0 Å². The van der Waals surface area contributed by atoms with Crippen LogP contribution in [0, 0.1) is 0 Å². The molecule has 1 aromatic carbocycles. The molecular formula is C9H9Cl2N3. The molecule has 0 aromatic heterocycles. The molecule has 3 nitrogen and oxygen atoms in total. The van der Waals surface area contributed by atoms with E-state index in [-0.39, 0.29) is 6.04 Å². The Labute approximate surface area is 93.5 Å². The number of rotatable bonds is 1. The minimum Gasteiger partial charge on any atom is -0.354 e. The molecule has 1 heterocycles. The van der Waals surface area contributed by atoms with Crippen LogP contribution in [0.15, 0.2) is 23.2 Å². The summed E-state index contributed by atoms with van der Waals surface area (Å²) in [6, 6.07) is 3.35. The molecule has 0 spiro atoms. The quantitative estimate of drug-likeness (QED) is 0.779. The third-order valence-electron chi connectivity index (χ3n) is 1.82. The number of nitrogens with zero attached hydrogens (tertiary/aromatic N) is 1. The van der Waals surface area contributed by atoms with Gasteiger partial charge in [-0.25, -0.2) is 0 Å². The lowest BCUT2D eigenvalue weighted by Gasteiger charge is -2.09. The zero-order valence-corrected chi connectivity index (χ0v) is 8.78. The van der Waals surface area contributed by atoms with Gasteiger partial charge < -0.3 is 10.6 Å². The van der Waals surface area contributed by atoms with Crippen LogP contribution in [0.25, 0.3) is 0 Å². The molecule has 0 atom stereocenters. The standard InChI is InChI=1S/C9H9Cl2N3/c10-6-2-1-3-7(11)8(6)14-9-12-4-5-13-9/h1-3H,4-5H2,(H2,12,13,14)/i1T. The fourth-order valence-corrected chi connectivity index (χ4v) is 1.64. The minimum absolute atomic E-state index is 0.289. The lowest BCUT2D eigenvalue weighted by Crippen LogP contribution is -2.26. The molecule has 0 aliphatic carbocycles. The first-order valence-electron chi connectivity index (χ1n) is 4.68. The molecular weight excluding hydrogens is 221 g/mol. The van der Waals surface area contributed by atoms with Gasteiger partial charge in [0, 0.05) is 6.54 Å². The number of aliphatic imine (C=N–C) groups is 1. The summed E-state index contributed by atoms with van der Waals surface area (Å²) in [4.78, 5) is 4.17. The van der Waals surface area contributed by atoms with Crippen LogP contribution in [0.2, 0.25) is 10.0 Å². The third kappa shape index (κ3) is 1.94. The second kappa shape index (κ2) is 4.07. The molecule has 1 aliphatic heterocycles. The fourth-order valence-electron chi connectivity index (χ4n) is 1.17. The molecule has 0 fully saturated rings. The second-order valence-corrected chi connectivity index (χ2v) is 3.62. The smallest absolute Gasteiger partial charge is 0.196 e. The number of benzene rings is 1. The van der Waals surface area contributed by atoms with Crippen molar-refractivity contribution in [3.63, 3.8) is 0 Å². The van der Waals surface area contributed by atoms with Crippen molar-refractivity contribution in [3.05, 3.63) is 28.2 Å². The van der Waals surface area contributed by atoms with Crippen molar-refractivity contribution in [2.45, 2.75) is 0 Å². The van der Waals surface area contributed by atoms with Crippen LogP contribution in [0.4, 0.5) is 5.69 Å². The maximum absolute atomic E-state index is 7.42. The lowest BCUT2D eigenvalue weighted by atomic mass is 10.3. The maximum atomic E-state index is 7.42. The molecule has 0 radical (unpaired) electrons. The summed E-state index contributed by atoms with van der Waals surface area (Å²) >= 11 is 11.9. The van der Waals surface area contributed by atoms with Crippen molar-refractivity contribution in [2.75, 3.05) is 18.4 Å². The topological polar surface area (TPSA) is 36.4 Å². The number of hydrogen-bond donors (Lipinski definition) is 2. The summed E-state index contributed by atoms with van der Waals surface area (Å²) in [7, 11) is 0. The van der Waals surface area contributed by atoms with Crippen molar-refractivity contribution in [3.8, 4) is 0 Å². The molecule has 0 saturated heterocycles. The van der Waals surface area contributed by atoms with E-state index >= 15 is 0 Å². The second-order valence-electron chi connectivity index (χ2n) is 2.81. The Morgan fingerprint density at radius 3 is 2.71 bits per heavy atom. The van der Waals surface area contributed by atoms with Crippen LogP contribution in [0.1, 0.15) is 1.37 Å². The Hall–Kier alpha value is -0.930. The summed E-state index contributed by atoms with van der Waals surface area (Å²) in [5.41, 5.74) is 0.586. The molecule has 1 aromatic rings. The van der Waals surface area contributed by atoms with Gasteiger partial charge in [0.05, 0.1) is 23.6 Å². The van der Waals surface area contributed by atoms with E-state index in [1.807, 2.05) is 0 Å². The number of halogens is 2. The molecule has 2 N–H and O–H groups in total. The first-order chi connectivity index (χ1) is 7.16.